The fourth-order valence-electron chi connectivity index (χ4n) is 2.71. The lowest BCUT2D eigenvalue weighted by Crippen LogP contribution is -2.33. The van der Waals surface area contributed by atoms with Crippen LogP contribution in [0.3, 0.4) is 0 Å². The van der Waals surface area contributed by atoms with Crippen LogP contribution < -0.4 is 5.32 Å². The minimum absolute atomic E-state index is 0.0954. The van der Waals surface area contributed by atoms with Gasteiger partial charge in [0, 0.05) is 12.3 Å². The summed E-state index contributed by atoms with van der Waals surface area (Å²) in [5.74, 6) is 1.20. The van der Waals surface area contributed by atoms with E-state index in [4.69, 9.17) is 16.1 Å². The Morgan fingerprint density at radius 2 is 2.41 bits per heavy atom. The molecule has 1 saturated heterocycles. The zero-order valence-electron chi connectivity index (χ0n) is 12.3. The van der Waals surface area contributed by atoms with Gasteiger partial charge in [-0.05, 0) is 38.4 Å². The summed E-state index contributed by atoms with van der Waals surface area (Å²) in [7, 11) is 0. The Kier molecular flexibility index (Phi) is 4.40. The first kappa shape index (κ1) is 15.0. The molecular formula is C15H17ClN4O2. The molecule has 2 aromatic rings. The van der Waals surface area contributed by atoms with Crippen LogP contribution in [0, 0.1) is 6.92 Å². The van der Waals surface area contributed by atoms with Crippen molar-refractivity contribution >= 4 is 23.3 Å². The van der Waals surface area contributed by atoms with Crippen LogP contribution >= 0.6 is 11.6 Å². The Hall–Kier alpha value is -1.92. The average molecular weight is 321 g/mol. The Labute approximate surface area is 133 Å². The maximum atomic E-state index is 12.2. The van der Waals surface area contributed by atoms with Crippen molar-refractivity contribution in [2.75, 3.05) is 18.4 Å². The van der Waals surface area contributed by atoms with E-state index in [1.54, 1.807) is 12.1 Å². The van der Waals surface area contributed by atoms with Crippen molar-refractivity contribution in [3.63, 3.8) is 0 Å². The third-order valence-corrected chi connectivity index (χ3v) is 3.92. The summed E-state index contributed by atoms with van der Waals surface area (Å²) < 4.78 is 5.14. The number of hydrogen-bond donors (Lipinski definition) is 1. The fraction of sp³-hybridized carbons (Fsp3) is 0.400. The van der Waals surface area contributed by atoms with Gasteiger partial charge in [-0.25, -0.2) is 4.98 Å². The fourth-order valence-corrected chi connectivity index (χ4v) is 2.82. The molecule has 0 aliphatic carbocycles. The van der Waals surface area contributed by atoms with Crippen molar-refractivity contribution in [1.29, 1.82) is 0 Å². The number of carbonyl (C=O) groups excluding carboxylic acids is 1. The van der Waals surface area contributed by atoms with Crippen LogP contribution in [0.2, 0.25) is 5.02 Å². The quantitative estimate of drug-likeness (QED) is 0.938. The molecule has 6 nitrogen and oxygen atoms in total. The zero-order chi connectivity index (χ0) is 15.5. The van der Waals surface area contributed by atoms with E-state index in [2.05, 4.69) is 20.4 Å². The monoisotopic (exact) mass is 320 g/mol. The average Bonchev–Trinajstić information content (AvgIpc) is 3.10. The van der Waals surface area contributed by atoms with Crippen LogP contribution in [0.4, 0.5) is 5.82 Å². The second kappa shape index (κ2) is 6.46. The number of pyridine rings is 1. The first-order chi connectivity index (χ1) is 10.6. The minimum Gasteiger partial charge on any atom is -0.361 e. The van der Waals surface area contributed by atoms with Crippen molar-refractivity contribution in [2.45, 2.75) is 25.8 Å². The predicted octanol–water partition coefficient (Wildman–Crippen LogP) is 2.81. The van der Waals surface area contributed by atoms with Crippen LogP contribution in [0.15, 0.2) is 28.9 Å². The SMILES string of the molecule is Cc1cc([C@@H]2CCCN2CC(=O)Nc2ccc(Cl)cn2)no1. The highest BCUT2D eigenvalue weighted by molar-refractivity contribution is 6.30. The topological polar surface area (TPSA) is 71.3 Å². The van der Waals surface area contributed by atoms with E-state index in [1.807, 2.05) is 13.0 Å². The lowest BCUT2D eigenvalue weighted by molar-refractivity contribution is -0.117. The van der Waals surface area contributed by atoms with Gasteiger partial charge in [-0.2, -0.15) is 0 Å². The molecule has 0 radical (unpaired) electrons. The number of anilines is 1. The Bertz CT molecular complexity index is 656. The molecule has 2 aromatic heterocycles. The van der Waals surface area contributed by atoms with Crippen LogP contribution in [-0.4, -0.2) is 34.0 Å². The highest BCUT2D eigenvalue weighted by Crippen LogP contribution is 2.31. The van der Waals surface area contributed by atoms with Gasteiger partial charge in [-0.3, -0.25) is 9.69 Å². The number of rotatable bonds is 4. The third-order valence-electron chi connectivity index (χ3n) is 3.69. The van der Waals surface area contributed by atoms with Gasteiger partial charge in [0.1, 0.15) is 17.3 Å². The largest absolute Gasteiger partial charge is 0.361 e. The van der Waals surface area contributed by atoms with Crippen molar-refractivity contribution in [2.24, 2.45) is 0 Å². The number of amides is 1. The molecular weight excluding hydrogens is 304 g/mol. The van der Waals surface area contributed by atoms with Gasteiger partial charge in [0.2, 0.25) is 5.91 Å². The molecule has 1 N–H and O–H groups in total. The lowest BCUT2D eigenvalue weighted by Gasteiger charge is -2.21. The molecule has 0 unspecified atom stereocenters. The molecule has 0 aromatic carbocycles. The van der Waals surface area contributed by atoms with E-state index in [-0.39, 0.29) is 11.9 Å². The van der Waals surface area contributed by atoms with Gasteiger partial charge in [0.15, 0.2) is 0 Å². The first-order valence-electron chi connectivity index (χ1n) is 7.20. The van der Waals surface area contributed by atoms with Crippen LogP contribution in [-0.2, 0) is 4.79 Å². The second-order valence-electron chi connectivity index (χ2n) is 5.40. The van der Waals surface area contributed by atoms with Gasteiger partial charge in [-0.15, -0.1) is 0 Å². The van der Waals surface area contributed by atoms with E-state index >= 15 is 0 Å². The van der Waals surface area contributed by atoms with Crippen LogP contribution in [0.5, 0.6) is 0 Å². The summed E-state index contributed by atoms with van der Waals surface area (Å²) in [4.78, 5) is 18.3. The molecule has 3 rings (SSSR count). The number of carbonyl (C=O) groups is 1. The Morgan fingerprint density at radius 1 is 1.55 bits per heavy atom. The van der Waals surface area contributed by atoms with E-state index < -0.39 is 0 Å². The molecule has 116 valence electrons. The number of hydrogen-bond acceptors (Lipinski definition) is 5. The predicted molar refractivity (Wildman–Crippen MR) is 82.7 cm³/mol. The number of halogens is 1. The second-order valence-corrected chi connectivity index (χ2v) is 5.84. The molecule has 0 saturated carbocycles. The van der Waals surface area contributed by atoms with Crippen LogP contribution in [0.25, 0.3) is 0 Å². The summed E-state index contributed by atoms with van der Waals surface area (Å²) in [6.45, 7) is 3.05. The molecule has 22 heavy (non-hydrogen) atoms. The molecule has 1 amide bonds. The van der Waals surface area contributed by atoms with Gasteiger partial charge >= 0.3 is 0 Å². The number of aromatic nitrogens is 2. The maximum Gasteiger partial charge on any atom is 0.239 e. The van der Waals surface area contributed by atoms with E-state index in [0.29, 0.717) is 17.4 Å². The standard InChI is InChI=1S/C15H17ClN4O2/c1-10-7-12(19-22-10)13-3-2-6-20(13)9-15(21)18-14-5-4-11(16)8-17-14/h4-5,7-8,13H,2-3,6,9H2,1H3,(H,17,18,21)/t13-/m0/s1. The molecule has 1 aliphatic rings. The van der Waals surface area contributed by atoms with E-state index in [1.165, 1.54) is 6.20 Å². The van der Waals surface area contributed by atoms with Crippen molar-refractivity contribution in [1.82, 2.24) is 15.0 Å². The lowest BCUT2D eigenvalue weighted by atomic mass is 10.1. The molecule has 1 atom stereocenters. The van der Waals surface area contributed by atoms with Crippen LogP contribution in [0.1, 0.15) is 30.3 Å². The summed E-state index contributed by atoms with van der Waals surface area (Å²) in [6, 6.07) is 5.45. The van der Waals surface area contributed by atoms with Gasteiger partial charge in [0.25, 0.3) is 0 Å². The Morgan fingerprint density at radius 3 is 3.09 bits per heavy atom. The third kappa shape index (κ3) is 3.45. The number of likely N-dealkylation sites (tertiary alicyclic amines) is 1. The van der Waals surface area contributed by atoms with Crippen molar-refractivity contribution in [3.05, 3.63) is 40.9 Å². The first-order valence-corrected chi connectivity index (χ1v) is 7.58. The molecule has 0 bridgehead atoms. The summed E-state index contributed by atoms with van der Waals surface area (Å²) in [5.41, 5.74) is 0.896. The van der Waals surface area contributed by atoms with Gasteiger partial charge < -0.3 is 9.84 Å². The van der Waals surface area contributed by atoms with E-state index in [0.717, 1.165) is 30.8 Å². The minimum atomic E-state index is -0.0954. The molecule has 0 spiro atoms. The molecule has 3 heterocycles. The molecule has 1 aliphatic heterocycles. The molecule has 7 heteroatoms. The van der Waals surface area contributed by atoms with Gasteiger partial charge in [-0.1, -0.05) is 16.8 Å². The number of nitrogens with zero attached hydrogens (tertiary/aromatic N) is 3. The van der Waals surface area contributed by atoms with Crippen molar-refractivity contribution in [3.8, 4) is 0 Å². The number of nitrogens with one attached hydrogen (secondary N) is 1. The molecule has 1 fully saturated rings. The highest BCUT2D eigenvalue weighted by Gasteiger charge is 2.29. The number of aryl methyl sites for hydroxylation is 1. The summed E-state index contributed by atoms with van der Waals surface area (Å²) in [5, 5.41) is 7.39. The highest BCUT2D eigenvalue weighted by atomic mass is 35.5. The Balaban J connectivity index is 1.61. The normalized spacial score (nSPS) is 18.5. The van der Waals surface area contributed by atoms with Crippen molar-refractivity contribution < 1.29 is 9.32 Å². The smallest absolute Gasteiger partial charge is 0.239 e. The van der Waals surface area contributed by atoms with Gasteiger partial charge in [0.05, 0.1) is 17.6 Å². The maximum absolute atomic E-state index is 12.2. The van der Waals surface area contributed by atoms with E-state index in [9.17, 15) is 4.79 Å². The summed E-state index contributed by atoms with van der Waals surface area (Å²) >= 11 is 5.78. The zero-order valence-corrected chi connectivity index (χ0v) is 13.0. The summed E-state index contributed by atoms with van der Waals surface area (Å²) in [6.07, 6.45) is 3.54.